The molecule has 5 atom stereocenters. The Labute approximate surface area is 259 Å². The van der Waals surface area contributed by atoms with E-state index in [0.29, 0.717) is 11.1 Å². The van der Waals surface area contributed by atoms with Gasteiger partial charge in [0.2, 0.25) is 5.91 Å². The van der Waals surface area contributed by atoms with Gasteiger partial charge in [0.15, 0.2) is 12.3 Å². The molecule has 0 aliphatic carbocycles. The van der Waals surface area contributed by atoms with Crippen LogP contribution in [0.2, 0.25) is 0 Å². The predicted octanol–water partition coefficient (Wildman–Crippen LogP) is 4.04. The number of ether oxygens (including phenoxy) is 3. The van der Waals surface area contributed by atoms with Crippen LogP contribution in [0.1, 0.15) is 54.8 Å². The Morgan fingerprint density at radius 2 is 1.59 bits per heavy atom. The minimum Gasteiger partial charge on any atom is -0.459 e. The van der Waals surface area contributed by atoms with Crippen LogP contribution in [-0.4, -0.2) is 72.4 Å². The fourth-order valence-electron chi connectivity index (χ4n) is 4.46. The van der Waals surface area contributed by atoms with Gasteiger partial charge >= 0.3 is 11.9 Å². The SMILES string of the molecule is CC(C)N(C(C)C)P(OCCC#N)OC1C(OC(=O)c2ccccc2)[C@H](N/C=C\C(N)=O)O[C@@H]1COC(=O)c1ccccc1. The average molecular weight is 627 g/mol. The number of nitrogens with one attached hydrogen (secondary N) is 1. The third kappa shape index (κ3) is 10.1. The van der Waals surface area contributed by atoms with E-state index in [2.05, 4.69) is 11.4 Å². The second kappa shape index (κ2) is 17.4. The summed E-state index contributed by atoms with van der Waals surface area (Å²) in [4.78, 5) is 37.5. The van der Waals surface area contributed by atoms with Crippen LogP contribution in [0.4, 0.5) is 0 Å². The summed E-state index contributed by atoms with van der Waals surface area (Å²) in [5.74, 6) is -1.91. The molecule has 0 spiro atoms. The fourth-order valence-corrected chi connectivity index (χ4v) is 6.23. The number of carbonyl (C=O) groups is 3. The third-order valence-electron chi connectivity index (χ3n) is 6.33. The van der Waals surface area contributed by atoms with Crippen molar-refractivity contribution in [1.29, 1.82) is 5.26 Å². The third-order valence-corrected chi connectivity index (χ3v) is 8.46. The Balaban J connectivity index is 1.98. The van der Waals surface area contributed by atoms with Crippen molar-refractivity contribution >= 4 is 26.4 Å². The largest absolute Gasteiger partial charge is 0.459 e. The summed E-state index contributed by atoms with van der Waals surface area (Å²) in [5.41, 5.74) is 5.91. The molecule has 1 saturated heterocycles. The zero-order valence-electron chi connectivity index (χ0n) is 25.2. The molecule has 2 aromatic rings. The first-order valence-corrected chi connectivity index (χ1v) is 15.4. The number of benzene rings is 2. The molecule has 1 aliphatic rings. The number of primary amides is 1. The Kier molecular flexibility index (Phi) is 13.7. The van der Waals surface area contributed by atoms with E-state index < -0.39 is 50.9 Å². The highest BCUT2D eigenvalue weighted by molar-refractivity contribution is 7.44. The number of esters is 2. The molecule has 3 N–H and O–H groups in total. The van der Waals surface area contributed by atoms with Gasteiger partial charge in [-0.1, -0.05) is 36.4 Å². The van der Waals surface area contributed by atoms with Crippen LogP contribution < -0.4 is 11.1 Å². The summed E-state index contributed by atoms with van der Waals surface area (Å²) in [6, 6.07) is 18.9. The van der Waals surface area contributed by atoms with Crippen molar-refractivity contribution in [3.63, 3.8) is 0 Å². The molecule has 1 heterocycles. The molecule has 13 heteroatoms. The van der Waals surface area contributed by atoms with Crippen molar-refractivity contribution in [2.24, 2.45) is 5.73 Å². The maximum atomic E-state index is 13.3. The molecule has 12 nitrogen and oxygen atoms in total. The lowest BCUT2D eigenvalue weighted by molar-refractivity contribution is -0.113. The highest BCUT2D eigenvalue weighted by Crippen LogP contribution is 2.49. The van der Waals surface area contributed by atoms with Crippen LogP contribution in [0.15, 0.2) is 72.9 Å². The van der Waals surface area contributed by atoms with Gasteiger partial charge in [-0.2, -0.15) is 5.26 Å². The molecule has 1 fully saturated rings. The number of hydrogen-bond donors (Lipinski definition) is 2. The molecule has 0 bridgehead atoms. The van der Waals surface area contributed by atoms with Gasteiger partial charge in [-0.15, -0.1) is 0 Å². The Bertz CT molecular complexity index is 1280. The molecular formula is C31H39N4O8P. The van der Waals surface area contributed by atoms with E-state index in [-0.39, 0.29) is 31.7 Å². The summed E-state index contributed by atoms with van der Waals surface area (Å²) < 4.78 is 32.5. The maximum absolute atomic E-state index is 13.3. The lowest BCUT2D eigenvalue weighted by Crippen LogP contribution is -2.44. The lowest BCUT2D eigenvalue weighted by Gasteiger charge is -2.38. The number of nitriles is 1. The second-order valence-corrected chi connectivity index (χ2v) is 11.7. The summed E-state index contributed by atoms with van der Waals surface area (Å²) in [6.45, 7) is 7.81. The van der Waals surface area contributed by atoms with Crippen LogP contribution in [0, 0.1) is 11.3 Å². The van der Waals surface area contributed by atoms with Gasteiger partial charge in [-0.25, -0.2) is 14.3 Å². The van der Waals surface area contributed by atoms with Gasteiger partial charge in [0.25, 0.3) is 8.53 Å². The smallest absolute Gasteiger partial charge is 0.338 e. The van der Waals surface area contributed by atoms with Gasteiger partial charge in [0, 0.05) is 24.4 Å². The molecule has 1 aliphatic heterocycles. The fraction of sp³-hybridized carbons (Fsp3) is 0.419. The van der Waals surface area contributed by atoms with E-state index in [1.165, 1.54) is 6.20 Å². The number of nitrogens with two attached hydrogens (primary N) is 1. The molecule has 0 radical (unpaired) electrons. The van der Waals surface area contributed by atoms with E-state index in [0.717, 1.165) is 6.08 Å². The van der Waals surface area contributed by atoms with E-state index in [4.69, 9.17) is 34.3 Å². The first kappa shape index (κ1) is 34.6. The minimum absolute atomic E-state index is 0.0161. The van der Waals surface area contributed by atoms with Crippen LogP contribution >= 0.6 is 8.53 Å². The summed E-state index contributed by atoms with van der Waals surface area (Å²) in [5, 5.41) is 12.0. The highest BCUT2D eigenvalue weighted by atomic mass is 31.2. The highest BCUT2D eigenvalue weighted by Gasteiger charge is 2.51. The lowest BCUT2D eigenvalue weighted by atomic mass is 10.1. The van der Waals surface area contributed by atoms with E-state index >= 15 is 0 Å². The number of amides is 1. The second-order valence-electron chi connectivity index (χ2n) is 10.3. The number of nitrogens with zero attached hydrogens (tertiary/aromatic N) is 2. The van der Waals surface area contributed by atoms with Crippen molar-refractivity contribution in [3.8, 4) is 6.07 Å². The van der Waals surface area contributed by atoms with Gasteiger partial charge in [0.05, 0.1) is 30.2 Å². The van der Waals surface area contributed by atoms with Gasteiger partial charge in [-0.3, -0.25) is 4.79 Å². The van der Waals surface area contributed by atoms with E-state index in [9.17, 15) is 14.4 Å². The molecule has 44 heavy (non-hydrogen) atoms. The normalized spacial score (nSPS) is 20.5. The average Bonchev–Trinajstić information content (AvgIpc) is 3.31. The molecule has 236 valence electrons. The molecule has 0 saturated carbocycles. The van der Waals surface area contributed by atoms with Crippen molar-refractivity contribution in [2.75, 3.05) is 13.2 Å². The van der Waals surface area contributed by atoms with Crippen LogP contribution in [0.5, 0.6) is 0 Å². The van der Waals surface area contributed by atoms with Gasteiger partial charge < -0.3 is 34.3 Å². The first-order chi connectivity index (χ1) is 21.1. The zero-order chi connectivity index (χ0) is 32.1. The summed E-state index contributed by atoms with van der Waals surface area (Å²) in [7, 11) is -1.82. The monoisotopic (exact) mass is 626 g/mol. The molecule has 3 rings (SSSR count). The van der Waals surface area contributed by atoms with Crippen molar-refractivity contribution in [2.45, 2.75) is 70.7 Å². The predicted molar refractivity (Wildman–Crippen MR) is 163 cm³/mol. The summed E-state index contributed by atoms with van der Waals surface area (Å²) in [6.07, 6.45) is -1.53. The number of rotatable bonds is 16. The molecule has 3 unspecified atom stereocenters. The van der Waals surface area contributed by atoms with Crippen molar-refractivity contribution in [3.05, 3.63) is 84.1 Å². The molecule has 1 amide bonds. The quantitative estimate of drug-likeness (QED) is 0.120. The van der Waals surface area contributed by atoms with Crippen molar-refractivity contribution in [1.82, 2.24) is 9.99 Å². The molecular weight excluding hydrogens is 587 g/mol. The van der Waals surface area contributed by atoms with Crippen LogP contribution in [0.25, 0.3) is 0 Å². The first-order valence-electron chi connectivity index (χ1n) is 14.2. The van der Waals surface area contributed by atoms with Crippen LogP contribution in [-0.2, 0) is 28.1 Å². The van der Waals surface area contributed by atoms with Gasteiger partial charge in [0.1, 0.15) is 18.8 Å². The standard InChI is InChI=1S/C31H39N4O8P/c1-21(2)35(22(3)4)44(40-19-11-17-32)43-27-25(20-39-30(37)23-12-7-5-8-13-23)41-29(34-18-16-26(33)36)28(27)42-31(38)24-14-9-6-10-15-24/h5-10,12-16,18,21-22,25,27-29,34H,11,19-20H2,1-4H3,(H2,33,36)/b18-16-/t25-,27?,28?,29-,44?/m1/s1. The van der Waals surface area contributed by atoms with E-state index in [1.54, 1.807) is 60.7 Å². The number of carbonyl (C=O) groups excluding carboxylic acids is 3. The number of hydrogen-bond acceptors (Lipinski definition) is 11. The van der Waals surface area contributed by atoms with Gasteiger partial charge in [-0.05, 0) is 52.0 Å². The Hall–Kier alpha value is -3.85. The Morgan fingerprint density at radius 1 is 1.00 bits per heavy atom. The molecule has 2 aromatic carbocycles. The van der Waals surface area contributed by atoms with Crippen LogP contribution in [0.3, 0.4) is 0 Å². The summed E-state index contributed by atoms with van der Waals surface area (Å²) >= 11 is 0. The maximum Gasteiger partial charge on any atom is 0.338 e. The van der Waals surface area contributed by atoms with E-state index in [1.807, 2.05) is 32.4 Å². The minimum atomic E-state index is -1.82. The topological polar surface area (TPSA) is 162 Å². The zero-order valence-corrected chi connectivity index (χ0v) is 26.1. The Morgan fingerprint density at radius 3 is 2.14 bits per heavy atom. The van der Waals surface area contributed by atoms with Crippen molar-refractivity contribution < 1.29 is 37.6 Å². The molecule has 0 aromatic heterocycles.